The molecule has 1 aromatic heterocycles. The van der Waals surface area contributed by atoms with Crippen molar-refractivity contribution in [2.45, 2.75) is 37.4 Å². The highest BCUT2D eigenvalue weighted by molar-refractivity contribution is 7.99. The number of hydrogen-bond donors (Lipinski definition) is 3. The molecule has 8 heteroatoms. The van der Waals surface area contributed by atoms with E-state index >= 15 is 0 Å². The van der Waals surface area contributed by atoms with Gasteiger partial charge in [-0.2, -0.15) is 16.9 Å². The second-order valence-electron chi connectivity index (χ2n) is 4.33. The first kappa shape index (κ1) is 13.9. The van der Waals surface area contributed by atoms with Gasteiger partial charge in [-0.15, -0.1) is 0 Å². The van der Waals surface area contributed by atoms with Gasteiger partial charge in [-0.05, 0) is 25.5 Å². The van der Waals surface area contributed by atoms with E-state index in [9.17, 15) is 13.5 Å². The Morgan fingerprint density at radius 3 is 3.00 bits per heavy atom. The van der Waals surface area contributed by atoms with Crippen molar-refractivity contribution in [1.29, 1.82) is 0 Å². The van der Waals surface area contributed by atoms with Crippen LogP contribution in [0.2, 0.25) is 0 Å². The van der Waals surface area contributed by atoms with Crippen LogP contribution in [0.4, 0.5) is 0 Å². The van der Waals surface area contributed by atoms with E-state index in [0.717, 1.165) is 24.3 Å². The largest absolute Gasteiger partial charge is 0.392 e. The summed E-state index contributed by atoms with van der Waals surface area (Å²) in [5.74, 6) is 1.87. The van der Waals surface area contributed by atoms with E-state index in [4.69, 9.17) is 0 Å². The maximum absolute atomic E-state index is 12.2. The van der Waals surface area contributed by atoms with Crippen LogP contribution in [0.15, 0.2) is 5.03 Å². The fourth-order valence-corrected chi connectivity index (χ4v) is 4.58. The molecule has 0 spiro atoms. The number of aryl methyl sites for hydroxylation is 1. The highest BCUT2D eigenvalue weighted by atomic mass is 32.2. The maximum atomic E-state index is 12.2. The minimum Gasteiger partial charge on any atom is -0.392 e. The Hall–Kier alpha value is -0.570. The van der Waals surface area contributed by atoms with Crippen molar-refractivity contribution in [3.8, 4) is 0 Å². The molecule has 1 aliphatic heterocycles. The first-order chi connectivity index (χ1) is 8.54. The van der Waals surface area contributed by atoms with E-state index in [1.54, 1.807) is 18.7 Å². The van der Waals surface area contributed by atoms with Gasteiger partial charge in [-0.25, -0.2) is 13.1 Å². The fourth-order valence-electron chi connectivity index (χ4n) is 1.95. The minimum atomic E-state index is -3.65. The summed E-state index contributed by atoms with van der Waals surface area (Å²) in [4.78, 5) is 0. The van der Waals surface area contributed by atoms with Crippen LogP contribution in [0.5, 0.6) is 0 Å². The summed E-state index contributed by atoms with van der Waals surface area (Å²) in [5, 5.41) is 15.5. The summed E-state index contributed by atoms with van der Waals surface area (Å²) in [5.41, 5.74) is 0.918. The van der Waals surface area contributed by atoms with Crippen LogP contribution in [0.25, 0.3) is 0 Å². The molecule has 2 rings (SSSR count). The zero-order chi connectivity index (χ0) is 13.2. The van der Waals surface area contributed by atoms with Gasteiger partial charge >= 0.3 is 0 Å². The van der Waals surface area contributed by atoms with Crippen LogP contribution in [-0.2, 0) is 16.6 Å². The summed E-state index contributed by atoms with van der Waals surface area (Å²) < 4.78 is 27.0. The molecule has 1 unspecified atom stereocenters. The number of aliphatic hydroxyl groups is 1. The molecule has 1 atom stereocenters. The van der Waals surface area contributed by atoms with Crippen molar-refractivity contribution >= 4 is 21.8 Å². The first-order valence-corrected chi connectivity index (χ1v) is 8.43. The SMILES string of the molecule is Cc1[nH]nc(S(=O)(=O)NC2CCCSC2)c1CO. The van der Waals surface area contributed by atoms with E-state index in [-0.39, 0.29) is 17.7 Å². The van der Waals surface area contributed by atoms with E-state index in [1.165, 1.54) is 0 Å². The molecule has 0 saturated carbocycles. The highest BCUT2D eigenvalue weighted by Crippen LogP contribution is 2.21. The van der Waals surface area contributed by atoms with Crippen molar-refractivity contribution in [3.63, 3.8) is 0 Å². The van der Waals surface area contributed by atoms with Gasteiger partial charge in [0.1, 0.15) is 0 Å². The number of thioether (sulfide) groups is 1. The molecule has 102 valence electrons. The summed E-state index contributed by atoms with van der Waals surface area (Å²) in [6, 6.07) is -0.0442. The Morgan fingerprint density at radius 1 is 1.61 bits per heavy atom. The summed E-state index contributed by atoms with van der Waals surface area (Å²) >= 11 is 1.75. The maximum Gasteiger partial charge on any atom is 0.260 e. The Balaban J connectivity index is 2.19. The van der Waals surface area contributed by atoms with Gasteiger partial charge in [-0.1, -0.05) is 0 Å². The molecule has 0 aromatic carbocycles. The van der Waals surface area contributed by atoms with Crippen LogP contribution < -0.4 is 4.72 Å². The predicted molar refractivity (Wildman–Crippen MR) is 69.9 cm³/mol. The van der Waals surface area contributed by atoms with Gasteiger partial charge in [0, 0.05) is 23.1 Å². The second kappa shape index (κ2) is 5.60. The van der Waals surface area contributed by atoms with Gasteiger partial charge < -0.3 is 5.11 Å². The van der Waals surface area contributed by atoms with Gasteiger partial charge in [0.05, 0.1) is 6.61 Å². The summed E-state index contributed by atoms with van der Waals surface area (Å²) in [7, 11) is -3.65. The predicted octanol–water partition coefficient (Wildman–Crippen LogP) is 0.384. The van der Waals surface area contributed by atoms with Crippen molar-refractivity contribution in [3.05, 3.63) is 11.3 Å². The van der Waals surface area contributed by atoms with Crippen molar-refractivity contribution in [2.24, 2.45) is 0 Å². The minimum absolute atomic E-state index is 0.0442. The lowest BCUT2D eigenvalue weighted by atomic mass is 10.2. The van der Waals surface area contributed by atoms with E-state index in [0.29, 0.717) is 11.3 Å². The smallest absolute Gasteiger partial charge is 0.260 e. The molecule has 0 radical (unpaired) electrons. The van der Waals surface area contributed by atoms with Gasteiger partial charge in [-0.3, -0.25) is 5.10 Å². The first-order valence-electron chi connectivity index (χ1n) is 5.79. The lowest BCUT2D eigenvalue weighted by molar-refractivity contribution is 0.277. The van der Waals surface area contributed by atoms with Crippen molar-refractivity contribution in [1.82, 2.24) is 14.9 Å². The number of nitrogens with one attached hydrogen (secondary N) is 2. The lowest BCUT2D eigenvalue weighted by Gasteiger charge is -2.21. The number of aromatic amines is 1. The molecule has 0 amide bonds. The average molecular weight is 291 g/mol. The summed E-state index contributed by atoms with van der Waals surface area (Å²) in [6.45, 7) is 1.35. The standard InChI is InChI=1S/C10H17N3O3S2/c1-7-9(5-14)10(12-11-7)18(15,16)13-8-3-2-4-17-6-8/h8,13-14H,2-6H2,1H3,(H,11,12). The van der Waals surface area contributed by atoms with Crippen molar-refractivity contribution < 1.29 is 13.5 Å². The monoisotopic (exact) mass is 291 g/mol. The third-order valence-corrected chi connectivity index (χ3v) is 5.64. The zero-order valence-corrected chi connectivity index (χ0v) is 11.8. The van der Waals surface area contributed by atoms with Crippen LogP contribution in [0, 0.1) is 6.92 Å². The van der Waals surface area contributed by atoms with Crippen LogP contribution in [0.3, 0.4) is 0 Å². The number of nitrogens with zero attached hydrogens (tertiary/aromatic N) is 1. The zero-order valence-electron chi connectivity index (χ0n) is 10.1. The molecule has 18 heavy (non-hydrogen) atoms. The normalized spacial score (nSPS) is 21.1. The average Bonchev–Trinajstić information content (AvgIpc) is 2.72. The molecule has 0 bridgehead atoms. The molecular weight excluding hydrogens is 274 g/mol. The molecule has 1 aliphatic rings. The second-order valence-corrected chi connectivity index (χ2v) is 7.10. The highest BCUT2D eigenvalue weighted by Gasteiger charge is 2.27. The quantitative estimate of drug-likeness (QED) is 0.745. The van der Waals surface area contributed by atoms with E-state index < -0.39 is 10.0 Å². The van der Waals surface area contributed by atoms with E-state index in [1.807, 2.05) is 0 Å². The lowest BCUT2D eigenvalue weighted by Crippen LogP contribution is -2.38. The van der Waals surface area contributed by atoms with E-state index in [2.05, 4.69) is 14.9 Å². The van der Waals surface area contributed by atoms with Crippen LogP contribution in [0.1, 0.15) is 24.1 Å². The summed E-state index contributed by atoms with van der Waals surface area (Å²) in [6.07, 6.45) is 1.87. The van der Waals surface area contributed by atoms with Gasteiger partial charge in [0.15, 0.2) is 5.03 Å². The Bertz CT molecular complexity index is 506. The Kier molecular flexibility index (Phi) is 4.31. The number of H-pyrrole nitrogens is 1. The van der Waals surface area contributed by atoms with Crippen LogP contribution in [-0.4, -0.2) is 41.3 Å². The number of aromatic nitrogens is 2. The molecule has 2 heterocycles. The molecule has 6 nitrogen and oxygen atoms in total. The number of rotatable bonds is 4. The molecular formula is C10H17N3O3S2. The van der Waals surface area contributed by atoms with Gasteiger partial charge in [0.2, 0.25) is 0 Å². The molecule has 1 aromatic rings. The number of aliphatic hydroxyl groups excluding tert-OH is 1. The van der Waals surface area contributed by atoms with Crippen molar-refractivity contribution in [2.75, 3.05) is 11.5 Å². The fraction of sp³-hybridized carbons (Fsp3) is 0.700. The molecule has 0 aliphatic carbocycles. The topological polar surface area (TPSA) is 95.1 Å². The number of sulfonamides is 1. The third-order valence-electron chi connectivity index (χ3n) is 2.93. The van der Waals surface area contributed by atoms with Crippen LogP contribution >= 0.6 is 11.8 Å². The Morgan fingerprint density at radius 2 is 2.39 bits per heavy atom. The molecule has 3 N–H and O–H groups in total. The number of hydrogen-bond acceptors (Lipinski definition) is 5. The molecule has 1 fully saturated rings. The Labute approximate surface area is 111 Å². The van der Waals surface area contributed by atoms with Gasteiger partial charge in [0.25, 0.3) is 10.0 Å². The molecule has 1 saturated heterocycles. The third kappa shape index (κ3) is 2.87.